The molecule has 0 aliphatic rings. The maximum Gasteiger partial charge on any atom is 0.330 e. The van der Waals surface area contributed by atoms with Crippen LogP contribution < -0.4 is 10.6 Å². The first-order valence-electron chi connectivity index (χ1n) is 6.24. The van der Waals surface area contributed by atoms with Crippen LogP contribution in [0.2, 0.25) is 0 Å². The molecular weight excluding hydrogens is 276 g/mol. The second-order valence-corrected chi connectivity index (χ2v) is 4.18. The quantitative estimate of drug-likeness (QED) is 0.722. The Morgan fingerprint density at radius 1 is 1.29 bits per heavy atom. The largest absolute Gasteiger partial charge is 0.479 e. The van der Waals surface area contributed by atoms with E-state index in [4.69, 9.17) is 0 Å². The first kappa shape index (κ1) is 14.5. The number of carbonyl (C=O) groups excluding carboxylic acids is 1. The zero-order valence-electron chi connectivity index (χ0n) is 11.0. The van der Waals surface area contributed by atoms with Crippen LogP contribution in [0.3, 0.4) is 0 Å². The molecule has 2 rings (SSSR count). The molecule has 0 bridgehead atoms. The Hall–Kier alpha value is -2.90. The van der Waals surface area contributed by atoms with Gasteiger partial charge in [0.2, 0.25) is 6.39 Å². The first-order chi connectivity index (χ1) is 10.2. The second-order valence-electron chi connectivity index (χ2n) is 4.18. The Morgan fingerprint density at radius 3 is 2.67 bits per heavy atom. The lowest BCUT2D eigenvalue weighted by Crippen LogP contribution is -2.41. The van der Waals surface area contributed by atoms with Crippen LogP contribution >= 0.6 is 0 Å². The van der Waals surface area contributed by atoms with Gasteiger partial charge in [-0.2, -0.15) is 4.98 Å². The minimum Gasteiger partial charge on any atom is -0.479 e. The number of nitrogens with one attached hydrogen (secondary N) is 2. The number of nitrogens with zero attached hydrogens (tertiary/aromatic N) is 2. The topological polar surface area (TPSA) is 117 Å². The smallest absolute Gasteiger partial charge is 0.330 e. The van der Waals surface area contributed by atoms with E-state index in [9.17, 15) is 14.7 Å². The Bertz CT molecular complexity index is 585. The summed E-state index contributed by atoms with van der Waals surface area (Å²) in [6.07, 6.45) is 1.60. The lowest BCUT2D eigenvalue weighted by Gasteiger charge is -2.15. The van der Waals surface area contributed by atoms with E-state index < -0.39 is 18.0 Å². The molecule has 8 heteroatoms. The summed E-state index contributed by atoms with van der Waals surface area (Å²) in [7, 11) is 0. The maximum absolute atomic E-state index is 11.7. The molecule has 21 heavy (non-hydrogen) atoms. The minimum absolute atomic E-state index is 0.270. The number of hydrogen-bond acceptors (Lipinski definition) is 5. The van der Waals surface area contributed by atoms with Crippen molar-refractivity contribution in [2.75, 3.05) is 6.54 Å². The lowest BCUT2D eigenvalue weighted by molar-refractivity contribution is -0.139. The molecule has 1 heterocycles. The van der Waals surface area contributed by atoms with Crippen molar-refractivity contribution in [1.29, 1.82) is 0 Å². The number of carbonyl (C=O) groups is 2. The zero-order valence-corrected chi connectivity index (χ0v) is 11.0. The Balaban J connectivity index is 1.85. The molecule has 110 valence electrons. The van der Waals surface area contributed by atoms with Crippen LogP contribution in [0.25, 0.3) is 0 Å². The molecule has 2 amide bonds. The number of benzene rings is 1. The number of carboxylic acids is 1. The second kappa shape index (κ2) is 7.04. The Kier molecular flexibility index (Phi) is 4.86. The molecule has 0 saturated carbocycles. The van der Waals surface area contributed by atoms with E-state index in [2.05, 4.69) is 25.3 Å². The van der Waals surface area contributed by atoms with Gasteiger partial charge in [-0.05, 0) is 5.56 Å². The van der Waals surface area contributed by atoms with Crippen molar-refractivity contribution in [3.8, 4) is 0 Å². The Morgan fingerprint density at radius 2 is 2.05 bits per heavy atom. The number of rotatable bonds is 6. The van der Waals surface area contributed by atoms with E-state index in [0.29, 0.717) is 17.8 Å². The highest BCUT2D eigenvalue weighted by Gasteiger charge is 2.21. The molecule has 0 aliphatic carbocycles. The third-order valence-corrected chi connectivity index (χ3v) is 2.70. The summed E-state index contributed by atoms with van der Waals surface area (Å²) in [6, 6.07) is 6.79. The third kappa shape index (κ3) is 4.30. The van der Waals surface area contributed by atoms with Gasteiger partial charge in [-0.1, -0.05) is 35.5 Å². The van der Waals surface area contributed by atoms with Crippen LogP contribution in [0.1, 0.15) is 17.4 Å². The number of aromatic nitrogens is 2. The fraction of sp³-hybridized carbons (Fsp3) is 0.231. The van der Waals surface area contributed by atoms with E-state index in [1.807, 2.05) is 0 Å². The molecule has 0 radical (unpaired) electrons. The molecule has 8 nitrogen and oxygen atoms in total. The minimum atomic E-state index is -1.13. The lowest BCUT2D eigenvalue weighted by atomic mass is 10.1. The zero-order chi connectivity index (χ0) is 15.1. The maximum atomic E-state index is 11.7. The molecular formula is C13H14N4O4. The number of urea groups is 1. The molecule has 3 N–H and O–H groups in total. The van der Waals surface area contributed by atoms with Gasteiger partial charge < -0.3 is 20.3 Å². The van der Waals surface area contributed by atoms with E-state index in [1.54, 1.807) is 30.3 Å². The van der Waals surface area contributed by atoms with Gasteiger partial charge in [0.25, 0.3) is 0 Å². The average Bonchev–Trinajstić information content (AvgIpc) is 2.98. The summed E-state index contributed by atoms with van der Waals surface area (Å²) in [6.45, 7) is 0.270. The third-order valence-electron chi connectivity index (χ3n) is 2.70. The highest BCUT2D eigenvalue weighted by molar-refractivity contribution is 5.83. The number of hydrogen-bond donors (Lipinski definition) is 3. The van der Waals surface area contributed by atoms with Crippen molar-refractivity contribution in [2.24, 2.45) is 0 Å². The molecule has 2 aromatic rings. The number of carboxylic acid groups (broad SMARTS) is 1. The molecule has 0 aliphatic heterocycles. The SMILES string of the molecule is O=C(NCCc1ncon1)N[C@H](C(=O)O)c1ccccc1. The van der Waals surface area contributed by atoms with Crippen molar-refractivity contribution >= 4 is 12.0 Å². The molecule has 0 fully saturated rings. The molecule has 0 spiro atoms. The standard InChI is InChI=1S/C13H14N4O4/c18-12(19)11(9-4-2-1-3-5-9)16-13(20)14-7-6-10-15-8-21-17-10/h1-5,8,11H,6-7H2,(H,18,19)(H2,14,16,20)/t11-/m0/s1. The summed E-state index contributed by atoms with van der Waals surface area (Å²) in [5.41, 5.74) is 0.498. The molecule has 0 saturated heterocycles. The van der Waals surface area contributed by atoms with Crippen LogP contribution in [0.15, 0.2) is 41.2 Å². The summed E-state index contributed by atoms with van der Waals surface area (Å²) in [5.74, 6) is -0.664. The molecule has 0 unspecified atom stereocenters. The number of aliphatic carboxylic acids is 1. The normalized spacial score (nSPS) is 11.6. The summed E-state index contributed by atoms with van der Waals surface area (Å²) in [5, 5.41) is 17.7. The van der Waals surface area contributed by atoms with Gasteiger partial charge >= 0.3 is 12.0 Å². The fourth-order valence-electron chi connectivity index (χ4n) is 1.71. The van der Waals surface area contributed by atoms with Crippen LogP contribution in [-0.4, -0.2) is 33.8 Å². The fourth-order valence-corrected chi connectivity index (χ4v) is 1.71. The monoisotopic (exact) mass is 290 g/mol. The van der Waals surface area contributed by atoms with Gasteiger partial charge in [0, 0.05) is 13.0 Å². The van der Waals surface area contributed by atoms with Crippen LogP contribution in [-0.2, 0) is 11.2 Å². The summed E-state index contributed by atoms with van der Waals surface area (Å²) >= 11 is 0. The highest BCUT2D eigenvalue weighted by atomic mass is 16.5. The van der Waals surface area contributed by atoms with E-state index in [0.717, 1.165) is 0 Å². The van der Waals surface area contributed by atoms with Crippen LogP contribution in [0.4, 0.5) is 4.79 Å². The molecule has 1 aromatic carbocycles. The van der Waals surface area contributed by atoms with Gasteiger partial charge in [-0.15, -0.1) is 0 Å². The number of amides is 2. The van der Waals surface area contributed by atoms with Crippen LogP contribution in [0.5, 0.6) is 0 Å². The van der Waals surface area contributed by atoms with E-state index >= 15 is 0 Å². The van der Waals surface area contributed by atoms with Crippen molar-refractivity contribution < 1.29 is 19.2 Å². The summed E-state index contributed by atoms with van der Waals surface area (Å²) in [4.78, 5) is 26.7. The van der Waals surface area contributed by atoms with Crippen molar-refractivity contribution in [1.82, 2.24) is 20.8 Å². The van der Waals surface area contributed by atoms with Crippen LogP contribution in [0, 0.1) is 0 Å². The van der Waals surface area contributed by atoms with Crippen molar-refractivity contribution in [3.63, 3.8) is 0 Å². The predicted octanol–water partition coefficient (Wildman–Crippen LogP) is 0.737. The molecule has 1 atom stereocenters. The average molecular weight is 290 g/mol. The van der Waals surface area contributed by atoms with E-state index in [1.165, 1.54) is 6.39 Å². The van der Waals surface area contributed by atoms with Crippen molar-refractivity contribution in [3.05, 3.63) is 48.1 Å². The van der Waals surface area contributed by atoms with Gasteiger partial charge in [0.15, 0.2) is 11.9 Å². The van der Waals surface area contributed by atoms with Crippen molar-refractivity contribution in [2.45, 2.75) is 12.5 Å². The van der Waals surface area contributed by atoms with Gasteiger partial charge in [0.05, 0.1) is 0 Å². The van der Waals surface area contributed by atoms with E-state index in [-0.39, 0.29) is 6.54 Å². The first-order valence-corrected chi connectivity index (χ1v) is 6.24. The summed E-state index contributed by atoms with van der Waals surface area (Å²) < 4.78 is 4.56. The molecule has 1 aromatic heterocycles. The Labute approximate surface area is 120 Å². The van der Waals surface area contributed by atoms with Gasteiger partial charge in [-0.25, -0.2) is 9.59 Å². The highest BCUT2D eigenvalue weighted by Crippen LogP contribution is 2.12. The van der Waals surface area contributed by atoms with Gasteiger partial charge in [-0.3, -0.25) is 0 Å². The van der Waals surface area contributed by atoms with Gasteiger partial charge in [0.1, 0.15) is 0 Å². The predicted molar refractivity (Wildman–Crippen MR) is 71.4 cm³/mol.